The lowest BCUT2D eigenvalue weighted by atomic mass is 10.2. The van der Waals surface area contributed by atoms with Crippen LogP contribution in [0.25, 0.3) is 0 Å². The van der Waals surface area contributed by atoms with E-state index in [9.17, 15) is 4.79 Å². The second-order valence-electron chi connectivity index (χ2n) is 3.59. The topological polar surface area (TPSA) is 29.1 Å². The number of hydrogen-bond acceptors (Lipinski definition) is 1. The summed E-state index contributed by atoms with van der Waals surface area (Å²) in [6.07, 6.45) is 3.35. The Balaban J connectivity index is 2.50. The lowest BCUT2D eigenvalue weighted by Gasteiger charge is -2.05. The van der Waals surface area contributed by atoms with Gasteiger partial charge in [-0.2, -0.15) is 0 Å². The molecule has 1 aromatic rings. The highest BCUT2D eigenvalue weighted by Crippen LogP contribution is 2.19. The summed E-state index contributed by atoms with van der Waals surface area (Å²) in [4.78, 5) is 11.7. The zero-order valence-corrected chi connectivity index (χ0v) is 12.1. The average molecular weight is 352 g/mol. The van der Waals surface area contributed by atoms with Crippen LogP contribution in [0.5, 0.6) is 0 Å². The Labute approximate surface area is 115 Å². The van der Waals surface area contributed by atoms with Gasteiger partial charge in [0.25, 0.3) is 5.91 Å². The molecule has 0 atom stereocenters. The number of benzene rings is 1. The van der Waals surface area contributed by atoms with Crippen LogP contribution in [0.15, 0.2) is 18.2 Å². The Bertz CT molecular complexity index is 368. The molecule has 1 N–H and O–H groups in total. The standard InChI is InChI=1S/C12H15ClINO/c1-2-3-4-7-15-12(16)9-5-6-10(13)11(14)8-9/h5-6,8H,2-4,7H2,1H3,(H,15,16). The van der Waals surface area contributed by atoms with Crippen LogP contribution in [0.1, 0.15) is 36.5 Å². The molecule has 0 heterocycles. The molecule has 0 saturated heterocycles. The molecule has 1 amide bonds. The Hall–Kier alpha value is -0.290. The van der Waals surface area contributed by atoms with Gasteiger partial charge in [-0.05, 0) is 47.2 Å². The first-order valence-corrected chi connectivity index (χ1v) is 6.84. The van der Waals surface area contributed by atoms with Crippen LogP contribution in [0.4, 0.5) is 0 Å². The van der Waals surface area contributed by atoms with Crippen LogP contribution < -0.4 is 5.32 Å². The fourth-order valence-corrected chi connectivity index (χ4v) is 1.95. The average Bonchev–Trinajstić information content (AvgIpc) is 2.28. The Morgan fingerprint density at radius 1 is 1.44 bits per heavy atom. The highest BCUT2D eigenvalue weighted by atomic mass is 127. The molecule has 0 aliphatic carbocycles. The number of halogens is 2. The van der Waals surface area contributed by atoms with Gasteiger partial charge in [-0.15, -0.1) is 0 Å². The van der Waals surface area contributed by atoms with Gasteiger partial charge < -0.3 is 5.32 Å². The smallest absolute Gasteiger partial charge is 0.251 e. The van der Waals surface area contributed by atoms with E-state index in [-0.39, 0.29) is 5.91 Å². The van der Waals surface area contributed by atoms with Gasteiger partial charge in [0.15, 0.2) is 0 Å². The highest BCUT2D eigenvalue weighted by Gasteiger charge is 2.06. The van der Waals surface area contributed by atoms with Crippen molar-refractivity contribution in [1.82, 2.24) is 5.32 Å². The van der Waals surface area contributed by atoms with Crippen molar-refractivity contribution >= 4 is 40.1 Å². The largest absolute Gasteiger partial charge is 0.352 e. The minimum atomic E-state index is -0.0225. The van der Waals surface area contributed by atoms with E-state index in [1.165, 1.54) is 0 Å². The molecule has 1 aromatic carbocycles. The minimum absolute atomic E-state index is 0.0225. The molecule has 0 radical (unpaired) electrons. The number of carbonyl (C=O) groups excluding carboxylic acids is 1. The normalized spacial score (nSPS) is 10.2. The van der Waals surface area contributed by atoms with E-state index in [1.54, 1.807) is 18.2 Å². The van der Waals surface area contributed by atoms with Gasteiger partial charge in [-0.25, -0.2) is 0 Å². The molecule has 0 fully saturated rings. The molecule has 0 bridgehead atoms. The molecule has 0 aliphatic heterocycles. The van der Waals surface area contributed by atoms with Gasteiger partial charge in [-0.3, -0.25) is 4.79 Å². The van der Waals surface area contributed by atoms with Crippen LogP contribution in [-0.2, 0) is 0 Å². The molecule has 1 rings (SSSR count). The second-order valence-corrected chi connectivity index (χ2v) is 5.16. The van der Waals surface area contributed by atoms with Crippen LogP contribution in [0, 0.1) is 3.57 Å². The number of nitrogens with one attached hydrogen (secondary N) is 1. The number of hydrogen-bond donors (Lipinski definition) is 1. The van der Waals surface area contributed by atoms with Crippen molar-refractivity contribution in [3.05, 3.63) is 32.4 Å². The zero-order valence-electron chi connectivity index (χ0n) is 9.22. The van der Waals surface area contributed by atoms with E-state index < -0.39 is 0 Å². The van der Waals surface area contributed by atoms with Gasteiger partial charge in [0.2, 0.25) is 0 Å². The molecule has 88 valence electrons. The summed E-state index contributed by atoms with van der Waals surface area (Å²) in [6, 6.07) is 5.31. The lowest BCUT2D eigenvalue weighted by Crippen LogP contribution is -2.24. The van der Waals surface area contributed by atoms with Gasteiger partial charge in [0.05, 0.1) is 5.02 Å². The summed E-state index contributed by atoms with van der Waals surface area (Å²) in [5.74, 6) is -0.0225. The molecule has 0 unspecified atom stereocenters. The van der Waals surface area contributed by atoms with Crippen LogP contribution in [0.2, 0.25) is 5.02 Å². The third-order valence-electron chi connectivity index (χ3n) is 2.25. The van der Waals surface area contributed by atoms with E-state index in [4.69, 9.17) is 11.6 Å². The van der Waals surface area contributed by atoms with Crippen LogP contribution in [0.3, 0.4) is 0 Å². The molecular formula is C12H15ClINO. The van der Waals surface area contributed by atoms with Crippen molar-refractivity contribution < 1.29 is 4.79 Å². The number of rotatable bonds is 5. The maximum absolute atomic E-state index is 11.7. The van der Waals surface area contributed by atoms with E-state index >= 15 is 0 Å². The number of carbonyl (C=O) groups is 1. The van der Waals surface area contributed by atoms with Crippen molar-refractivity contribution in [3.8, 4) is 0 Å². The Morgan fingerprint density at radius 2 is 2.19 bits per heavy atom. The summed E-state index contributed by atoms with van der Waals surface area (Å²) in [5, 5.41) is 3.58. The quantitative estimate of drug-likeness (QED) is 0.633. The molecule has 16 heavy (non-hydrogen) atoms. The summed E-state index contributed by atoms with van der Waals surface area (Å²) in [6.45, 7) is 2.88. The SMILES string of the molecule is CCCCCNC(=O)c1ccc(Cl)c(I)c1. The number of amides is 1. The third kappa shape index (κ3) is 4.29. The van der Waals surface area contributed by atoms with Crippen molar-refractivity contribution in [1.29, 1.82) is 0 Å². The van der Waals surface area contributed by atoms with Crippen molar-refractivity contribution in [2.45, 2.75) is 26.2 Å². The van der Waals surface area contributed by atoms with Gasteiger partial charge in [-0.1, -0.05) is 31.4 Å². The Kier molecular flexibility index (Phi) is 6.13. The van der Waals surface area contributed by atoms with Crippen molar-refractivity contribution in [2.75, 3.05) is 6.54 Å². The summed E-state index contributed by atoms with van der Waals surface area (Å²) >= 11 is 8.01. The van der Waals surface area contributed by atoms with E-state index in [0.29, 0.717) is 10.6 Å². The molecule has 0 aromatic heterocycles. The van der Waals surface area contributed by atoms with Gasteiger partial charge in [0, 0.05) is 15.7 Å². The van der Waals surface area contributed by atoms with E-state index in [2.05, 4.69) is 34.8 Å². The van der Waals surface area contributed by atoms with Crippen molar-refractivity contribution in [3.63, 3.8) is 0 Å². The molecular weight excluding hydrogens is 336 g/mol. The first-order chi connectivity index (χ1) is 7.65. The molecule has 0 spiro atoms. The maximum atomic E-state index is 11.7. The predicted octanol–water partition coefficient (Wildman–Crippen LogP) is 3.86. The molecule has 0 aliphatic rings. The van der Waals surface area contributed by atoms with Gasteiger partial charge in [0.1, 0.15) is 0 Å². The molecule has 4 heteroatoms. The van der Waals surface area contributed by atoms with Crippen LogP contribution >= 0.6 is 34.2 Å². The first kappa shape index (κ1) is 13.8. The lowest BCUT2D eigenvalue weighted by molar-refractivity contribution is 0.0953. The Morgan fingerprint density at radius 3 is 2.81 bits per heavy atom. The molecule has 2 nitrogen and oxygen atoms in total. The highest BCUT2D eigenvalue weighted by molar-refractivity contribution is 14.1. The maximum Gasteiger partial charge on any atom is 0.251 e. The van der Waals surface area contributed by atoms with E-state index in [0.717, 1.165) is 29.4 Å². The zero-order chi connectivity index (χ0) is 12.0. The fraction of sp³-hybridized carbons (Fsp3) is 0.417. The van der Waals surface area contributed by atoms with Crippen LogP contribution in [-0.4, -0.2) is 12.5 Å². The second kappa shape index (κ2) is 7.12. The third-order valence-corrected chi connectivity index (χ3v) is 3.79. The molecule has 0 saturated carbocycles. The predicted molar refractivity (Wildman–Crippen MR) is 76.0 cm³/mol. The summed E-state index contributed by atoms with van der Waals surface area (Å²) in [7, 11) is 0. The number of unbranched alkanes of at least 4 members (excludes halogenated alkanes) is 2. The monoisotopic (exact) mass is 351 g/mol. The summed E-state index contributed by atoms with van der Waals surface area (Å²) in [5.41, 5.74) is 0.672. The minimum Gasteiger partial charge on any atom is -0.352 e. The van der Waals surface area contributed by atoms with Crippen molar-refractivity contribution in [2.24, 2.45) is 0 Å². The van der Waals surface area contributed by atoms with Gasteiger partial charge >= 0.3 is 0 Å². The van der Waals surface area contributed by atoms with E-state index in [1.807, 2.05) is 0 Å². The first-order valence-electron chi connectivity index (χ1n) is 5.38. The summed E-state index contributed by atoms with van der Waals surface area (Å²) < 4.78 is 0.903. The fourth-order valence-electron chi connectivity index (χ4n) is 1.32.